The van der Waals surface area contributed by atoms with Gasteiger partial charge in [-0.15, -0.1) is 0 Å². The van der Waals surface area contributed by atoms with Crippen molar-refractivity contribution in [1.29, 1.82) is 0 Å². The molecule has 0 saturated carbocycles. The molecule has 0 unspecified atom stereocenters. The van der Waals surface area contributed by atoms with Crippen LogP contribution in [0.3, 0.4) is 0 Å². The maximum Gasteiger partial charge on any atom is 0.342 e. The highest BCUT2D eigenvalue weighted by atomic mass is 35.5. The van der Waals surface area contributed by atoms with Crippen molar-refractivity contribution < 1.29 is 14.3 Å². The fourth-order valence-electron chi connectivity index (χ4n) is 2.82. The van der Waals surface area contributed by atoms with Crippen molar-refractivity contribution >= 4 is 23.4 Å². The molecule has 2 heterocycles. The van der Waals surface area contributed by atoms with Crippen molar-refractivity contribution in [3.05, 3.63) is 52.7 Å². The van der Waals surface area contributed by atoms with E-state index >= 15 is 0 Å². The summed E-state index contributed by atoms with van der Waals surface area (Å²) in [5.74, 6) is 0.934. The predicted octanol–water partition coefficient (Wildman–Crippen LogP) is 3.70. The molecule has 0 bridgehead atoms. The summed E-state index contributed by atoms with van der Waals surface area (Å²) in [6.07, 6.45) is 3.93. The molecule has 0 amide bonds. The minimum absolute atomic E-state index is 0.0941. The van der Waals surface area contributed by atoms with Crippen molar-refractivity contribution in [3.8, 4) is 5.75 Å². The SMILES string of the molecule is COc1ccc(Cl)cc1COC(=O)c1cccnc1N1CCCC1. The smallest absolute Gasteiger partial charge is 0.342 e. The van der Waals surface area contributed by atoms with Gasteiger partial charge in [0.25, 0.3) is 0 Å². The highest BCUT2D eigenvalue weighted by Crippen LogP contribution is 2.25. The van der Waals surface area contributed by atoms with Crippen molar-refractivity contribution in [2.75, 3.05) is 25.1 Å². The maximum atomic E-state index is 12.5. The Balaban J connectivity index is 1.75. The molecule has 2 aromatic rings. The van der Waals surface area contributed by atoms with Crippen LogP contribution in [0.2, 0.25) is 5.02 Å². The molecule has 5 nitrogen and oxygen atoms in total. The van der Waals surface area contributed by atoms with E-state index in [1.54, 1.807) is 43.6 Å². The maximum absolute atomic E-state index is 12.5. The number of hydrogen-bond donors (Lipinski definition) is 0. The Kier molecular flexibility index (Phi) is 5.20. The molecular formula is C18H19ClN2O3. The quantitative estimate of drug-likeness (QED) is 0.773. The summed E-state index contributed by atoms with van der Waals surface area (Å²) in [4.78, 5) is 19.0. The van der Waals surface area contributed by atoms with E-state index in [-0.39, 0.29) is 6.61 Å². The van der Waals surface area contributed by atoms with Gasteiger partial charge in [-0.1, -0.05) is 11.6 Å². The summed E-state index contributed by atoms with van der Waals surface area (Å²) in [5.41, 5.74) is 1.21. The van der Waals surface area contributed by atoms with Gasteiger partial charge in [-0.05, 0) is 43.2 Å². The van der Waals surface area contributed by atoms with E-state index in [1.807, 2.05) is 0 Å². The fourth-order valence-corrected chi connectivity index (χ4v) is 3.01. The van der Waals surface area contributed by atoms with Gasteiger partial charge < -0.3 is 14.4 Å². The van der Waals surface area contributed by atoms with Crippen LogP contribution in [-0.4, -0.2) is 31.2 Å². The number of ether oxygens (including phenoxy) is 2. The lowest BCUT2D eigenvalue weighted by molar-refractivity contribution is 0.0470. The van der Waals surface area contributed by atoms with E-state index in [9.17, 15) is 4.79 Å². The Morgan fingerprint density at radius 1 is 1.29 bits per heavy atom. The third-order valence-electron chi connectivity index (χ3n) is 4.01. The van der Waals surface area contributed by atoms with Crippen LogP contribution >= 0.6 is 11.6 Å². The number of esters is 1. The van der Waals surface area contributed by atoms with Gasteiger partial charge in [0.1, 0.15) is 23.7 Å². The van der Waals surface area contributed by atoms with Gasteiger partial charge in [-0.3, -0.25) is 0 Å². The zero-order chi connectivity index (χ0) is 16.9. The number of pyridine rings is 1. The fraction of sp³-hybridized carbons (Fsp3) is 0.333. The van der Waals surface area contributed by atoms with Crippen molar-refractivity contribution in [3.63, 3.8) is 0 Å². The monoisotopic (exact) mass is 346 g/mol. The molecule has 6 heteroatoms. The Morgan fingerprint density at radius 3 is 2.83 bits per heavy atom. The molecule has 0 radical (unpaired) electrons. The average Bonchev–Trinajstić information content (AvgIpc) is 3.14. The van der Waals surface area contributed by atoms with Crippen molar-refractivity contribution in [2.24, 2.45) is 0 Å². The van der Waals surface area contributed by atoms with Gasteiger partial charge in [0.05, 0.1) is 7.11 Å². The molecule has 1 aliphatic heterocycles. The number of nitrogens with zero attached hydrogens (tertiary/aromatic N) is 2. The lowest BCUT2D eigenvalue weighted by atomic mass is 10.2. The highest BCUT2D eigenvalue weighted by Gasteiger charge is 2.21. The number of rotatable bonds is 5. The molecule has 1 aromatic carbocycles. The first-order valence-electron chi connectivity index (χ1n) is 7.88. The van der Waals surface area contributed by atoms with E-state index in [0.29, 0.717) is 22.2 Å². The summed E-state index contributed by atoms with van der Waals surface area (Å²) >= 11 is 6.00. The first-order valence-corrected chi connectivity index (χ1v) is 8.26. The Hall–Kier alpha value is -2.27. The number of hydrogen-bond acceptors (Lipinski definition) is 5. The van der Waals surface area contributed by atoms with Gasteiger partial charge in [0.15, 0.2) is 0 Å². The minimum Gasteiger partial charge on any atom is -0.496 e. The number of halogens is 1. The van der Waals surface area contributed by atoms with E-state index < -0.39 is 5.97 Å². The topological polar surface area (TPSA) is 51.7 Å². The second kappa shape index (κ2) is 7.53. The molecular weight excluding hydrogens is 328 g/mol. The number of anilines is 1. The largest absolute Gasteiger partial charge is 0.496 e. The zero-order valence-electron chi connectivity index (χ0n) is 13.5. The van der Waals surface area contributed by atoms with Crippen LogP contribution in [0.25, 0.3) is 0 Å². The van der Waals surface area contributed by atoms with Crippen LogP contribution in [0.1, 0.15) is 28.8 Å². The third-order valence-corrected chi connectivity index (χ3v) is 4.25. The van der Waals surface area contributed by atoms with Crippen LogP contribution in [0.5, 0.6) is 5.75 Å². The summed E-state index contributed by atoms with van der Waals surface area (Å²) in [6.45, 7) is 1.93. The van der Waals surface area contributed by atoms with Gasteiger partial charge in [0, 0.05) is 29.9 Å². The van der Waals surface area contributed by atoms with E-state index in [4.69, 9.17) is 21.1 Å². The number of methoxy groups -OCH3 is 1. The van der Waals surface area contributed by atoms with Crippen LogP contribution in [0.4, 0.5) is 5.82 Å². The molecule has 0 aliphatic carbocycles. The molecule has 1 aliphatic rings. The highest BCUT2D eigenvalue weighted by molar-refractivity contribution is 6.30. The average molecular weight is 347 g/mol. The summed E-state index contributed by atoms with van der Waals surface area (Å²) < 4.78 is 10.7. The summed E-state index contributed by atoms with van der Waals surface area (Å²) in [6, 6.07) is 8.72. The first kappa shape index (κ1) is 16.6. The minimum atomic E-state index is -0.396. The van der Waals surface area contributed by atoms with Gasteiger partial charge in [-0.25, -0.2) is 9.78 Å². The standard InChI is InChI=1S/C18H19ClN2O3/c1-23-16-7-6-14(19)11-13(16)12-24-18(22)15-5-4-8-20-17(15)21-9-2-3-10-21/h4-8,11H,2-3,9-10,12H2,1H3. The molecule has 0 N–H and O–H groups in total. The zero-order valence-corrected chi connectivity index (χ0v) is 14.3. The van der Waals surface area contributed by atoms with Crippen molar-refractivity contribution in [1.82, 2.24) is 4.98 Å². The van der Waals surface area contributed by atoms with Crippen LogP contribution in [0.15, 0.2) is 36.5 Å². The van der Waals surface area contributed by atoms with Crippen molar-refractivity contribution in [2.45, 2.75) is 19.4 Å². The van der Waals surface area contributed by atoms with E-state index in [1.165, 1.54) is 0 Å². The molecule has 1 fully saturated rings. The van der Waals surface area contributed by atoms with Crippen LogP contribution < -0.4 is 9.64 Å². The summed E-state index contributed by atoms with van der Waals surface area (Å²) in [5, 5.41) is 0.570. The van der Waals surface area contributed by atoms with Gasteiger partial charge in [0.2, 0.25) is 0 Å². The van der Waals surface area contributed by atoms with Crippen LogP contribution in [-0.2, 0) is 11.3 Å². The Labute approximate surface area is 146 Å². The van der Waals surface area contributed by atoms with Gasteiger partial charge in [-0.2, -0.15) is 0 Å². The molecule has 3 rings (SSSR count). The van der Waals surface area contributed by atoms with E-state index in [2.05, 4.69) is 9.88 Å². The predicted molar refractivity (Wildman–Crippen MR) is 92.8 cm³/mol. The number of aromatic nitrogens is 1. The normalized spacial score (nSPS) is 13.8. The molecule has 0 spiro atoms. The lowest BCUT2D eigenvalue weighted by Gasteiger charge is -2.19. The van der Waals surface area contributed by atoms with Gasteiger partial charge >= 0.3 is 5.97 Å². The number of carbonyl (C=O) groups excluding carboxylic acids is 1. The van der Waals surface area contributed by atoms with Crippen LogP contribution in [0, 0.1) is 0 Å². The second-order valence-corrected chi connectivity index (χ2v) is 6.04. The molecule has 1 saturated heterocycles. The molecule has 1 aromatic heterocycles. The molecule has 0 atom stereocenters. The Bertz CT molecular complexity index is 730. The lowest BCUT2D eigenvalue weighted by Crippen LogP contribution is -2.22. The summed E-state index contributed by atoms with van der Waals surface area (Å²) in [7, 11) is 1.57. The number of benzene rings is 1. The van der Waals surface area contributed by atoms with E-state index in [0.717, 1.165) is 31.5 Å². The molecule has 24 heavy (non-hydrogen) atoms. The third kappa shape index (κ3) is 3.62. The second-order valence-electron chi connectivity index (χ2n) is 5.60. The molecule has 126 valence electrons. The number of carbonyl (C=O) groups is 1. The Morgan fingerprint density at radius 2 is 2.08 bits per heavy atom. The first-order chi connectivity index (χ1) is 11.7.